The Morgan fingerprint density at radius 1 is 1.29 bits per heavy atom. The molecule has 0 spiro atoms. The Labute approximate surface area is 128 Å². The van der Waals surface area contributed by atoms with E-state index in [0.29, 0.717) is 28.0 Å². The van der Waals surface area contributed by atoms with E-state index >= 15 is 0 Å². The van der Waals surface area contributed by atoms with Crippen LogP contribution in [-0.2, 0) is 4.74 Å². The van der Waals surface area contributed by atoms with Crippen LogP contribution in [0, 0.1) is 0 Å². The number of rotatable bonds is 2. The van der Waals surface area contributed by atoms with Gasteiger partial charge in [0.1, 0.15) is 11.6 Å². The van der Waals surface area contributed by atoms with Crippen molar-refractivity contribution in [1.82, 2.24) is 9.97 Å². The summed E-state index contributed by atoms with van der Waals surface area (Å²) in [6, 6.07) is 10.2. The predicted molar refractivity (Wildman–Crippen MR) is 82.2 cm³/mol. The van der Waals surface area contributed by atoms with Gasteiger partial charge in [0.25, 0.3) is 0 Å². The Kier molecular flexibility index (Phi) is 3.39. The van der Waals surface area contributed by atoms with E-state index in [0.717, 1.165) is 4.47 Å². The van der Waals surface area contributed by atoms with Gasteiger partial charge in [0, 0.05) is 4.47 Å². The number of benzene rings is 2. The third-order valence-corrected chi connectivity index (χ3v) is 3.61. The summed E-state index contributed by atoms with van der Waals surface area (Å²) in [5.41, 5.74) is 2.43. The first-order valence-corrected chi connectivity index (χ1v) is 6.95. The summed E-state index contributed by atoms with van der Waals surface area (Å²) in [7, 11) is 1.34. The van der Waals surface area contributed by atoms with Gasteiger partial charge in [-0.15, -0.1) is 0 Å². The molecule has 0 amide bonds. The Morgan fingerprint density at radius 3 is 2.86 bits per heavy atom. The van der Waals surface area contributed by atoms with Crippen LogP contribution < -0.4 is 0 Å². The van der Waals surface area contributed by atoms with Crippen molar-refractivity contribution in [3.63, 3.8) is 0 Å². The number of hydrogen-bond donors (Lipinski definition) is 2. The summed E-state index contributed by atoms with van der Waals surface area (Å²) >= 11 is 3.36. The van der Waals surface area contributed by atoms with Crippen molar-refractivity contribution in [1.29, 1.82) is 0 Å². The standard InChI is InChI=1S/C15H11BrN2O3/c1-21-15(20)8-2-4-11-12(6-8)18-14(17-11)10-7-9(16)3-5-13(10)19/h2-7,19H,1H3,(H,17,18). The second kappa shape index (κ2) is 5.21. The first kappa shape index (κ1) is 13.6. The molecular formula is C15H11BrN2O3. The van der Waals surface area contributed by atoms with E-state index in [1.165, 1.54) is 7.11 Å². The molecule has 3 rings (SSSR count). The SMILES string of the molecule is COC(=O)c1ccc2nc(-c3cc(Br)ccc3O)[nH]c2c1. The van der Waals surface area contributed by atoms with Crippen LogP contribution in [0.25, 0.3) is 22.4 Å². The summed E-state index contributed by atoms with van der Waals surface area (Å²) in [5.74, 6) is 0.259. The number of fused-ring (bicyclic) bond motifs is 1. The van der Waals surface area contributed by atoms with E-state index < -0.39 is 5.97 Å². The number of carbonyl (C=O) groups is 1. The van der Waals surface area contributed by atoms with Crippen LogP contribution in [0.3, 0.4) is 0 Å². The zero-order chi connectivity index (χ0) is 15.0. The minimum absolute atomic E-state index is 0.130. The molecule has 2 N–H and O–H groups in total. The molecule has 6 heteroatoms. The number of nitrogens with zero attached hydrogens (tertiary/aromatic N) is 1. The van der Waals surface area contributed by atoms with Gasteiger partial charge in [0.15, 0.2) is 0 Å². The maximum Gasteiger partial charge on any atom is 0.337 e. The number of phenols is 1. The van der Waals surface area contributed by atoms with E-state index in [4.69, 9.17) is 4.74 Å². The van der Waals surface area contributed by atoms with E-state index in [1.54, 1.807) is 36.4 Å². The number of hydrogen-bond acceptors (Lipinski definition) is 4. The fourth-order valence-corrected chi connectivity index (χ4v) is 2.44. The normalized spacial score (nSPS) is 10.8. The lowest BCUT2D eigenvalue weighted by Crippen LogP contribution is -2.00. The highest BCUT2D eigenvalue weighted by molar-refractivity contribution is 9.10. The summed E-state index contributed by atoms with van der Waals surface area (Å²) in [6.45, 7) is 0. The molecule has 0 fully saturated rings. The fraction of sp³-hybridized carbons (Fsp3) is 0.0667. The number of ether oxygens (including phenoxy) is 1. The number of aromatic nitrogens is 2. The number of aromatic hydroxyl groups is 1. The monoisotopic (exact) mass is 346 g/mol. The highest BCUT2D eigenvalue weighted by atomic mass is 79.9. The maximum absolute atomic E-state index is 11.5. The number of methoxy groups -OCH3 is 1. The summed E-state index contributed by atoms with van der Waals surface area (Å²) in [5, 5.41) is 9.94. The van der Waals surface area contributed by atoms with Gasteiger partial charge < -0.3 is 14.8 Å². The van der Waals surface area contributed by atoms with Gasteiger partial charge >= 0.3 is 5.97 Å². The van der Waals surface area contributed by atoms with Gasteiger partial charge in [-0.05, 0) is 36.4 Å². The van der Waals surface area contributed by atoms with Gasteiger partial charge in [-0.2, -0.15) is 0 Å². The van der Waals surface area contributed by atoms with Crippen molar-refractivity contribution in [2.75, 3.05) is 7.11 Å². The Morgan fingerprint density at radius 2 is 2.10 bits per heavy atom. The van der Waals surface area contributed by atoms with Crippen molar-refractivity contribution < 1.29 is 14.6 Å². The second-order valence-electron chi connectivity index (χ2n) is 4.47. The topological polar surface area (TPSA) is 75.2 Å². The summed E-state index contributed by atoms with van der Waals surface area (Å²) < 4.78 is 5.53. The highest BCUT2D eigenvalue weighted by Gasteiger charge is 2.12. The van der Waals surface area contributed by atoms with Crippen LogP contribution in [0.5, 0.6) is 5.75 Å². The summed E-state index contributed by atoms with van der Waals surface area (Å²) in [6.07, 6.45) is 0. The lowest BCUT2D eigenvalue weighted by atomic mass is 10.2. The molecule has 2 aromatic carbocycles. The Balaban J connectivity index is 2.13. The van der Waals surface area contributed by atoms with Gasteiger partial charge in [0.05, 0.1) is 29.3 Å². The molecule has 0 aliphatic heterocycles. The number of esters is 1. The minimum atomic E-state index is -0.404. The van der Waals surface area contributed by atoms with Crippen molar-refractivity contribution in [3.05, 3.63) is 46.4 Å². The fourth-order valence-electron chi connectivity index (χ4n) is 2.08. The zero-order valence-corrected chi connectivity index (χ0v) is 12.6. The third kappa shape index (κ3) is 2.50. The van der Waals surface area contributed by atoms with E-state index in [2.05, 4.69) is 25.9 Å². The average Bonchev–Trinajstić information content (AvgIpc) is 2.91. The first-order valence-electron chi connectivity index (χ1n) is 6.15. The molecule has 0 radical (unpaired) electrons. The van der Waals surface area contributed by atoms with E-state index in [9.17, 15) is 9.90 Å². The van der Waals surface area contributed by atoms with Crippen LogP contribution >= 0.6 is 15.9 Å². The molecule has 0 bridgehead atoms. The number of aromatic amines is 1. The number of phenolic OH excluding ortho intramolecular Hbond substituents is 1. The van der Waals surface area contributed by atoms with Crippen LogP contribution in [0.4, 0.5) is 0 Å². The zero-order valence-electron chi connectivity index (χ0n) is 11.1. The summed E-state index contributed by atoms with van der Waals surface area (Å²) in [4.78, 5) is 19.1. The third-order valence-electron chi connectivity index (χ3n) is 3.12. The van der Waals surface area contributed by atoms with Crippen molar-refractivity contribution in [2.45, 2.75) is 0 Å². The van der Waals surface area contributed by atoms with E-state index in [-0.39, 0.29) is 5.75 Å². The number of H-pyrrole nitrogens is 1. The lowest BCUT2D eigenvalue weighted by Gasteiger charge is -2.01. The Hall–Kier alpha value is -2.34. The van der Waals surface area contributed by atoms with Crippen LogP contribution in [-0.4, -0.2) is 28.2 Å². The number of nitrogens with one attached hydrogen (secondary N) is 1. The van der Waals surface area contributed by atoms with Crippen LogP contribution in [0.1, 0.15) is 10.4 Å². The molecule has 1 aromatic heterocycles. The smallest absolute Gasteiger partial charge is 0.337 e. The van der Waals surface area contributed by atoms with Gasteiger partial charge in [0.2, 0.25) is 0 Å². The van der Waals surface area contributed by atoms with Gasteiger partial charge in [-0.1, -0.05) is 15.9 Å². The molecule has 0 aliphatic rings. The van der Waals surface area contributed by atoms with Gasteiger partial charge in [-0.25, -0.2) is 9.78 Å². The quantitative estimate of drug-likeness (QED) is 0.696. The maximum atomic E-state index is 11.5. The minimum Gasteiger partial charge on any atom is -0.507 e. The second-order valence-corrected chi connectivity index (χ2v) is 5.39. The number of imidazole rings is 1. The Bertz CT molecular complexity index is 842. The first-order chi connectivity index (χ1) is 10.1. The largest absolute Gasteiger partial charge is 0.507 e. The highest BCUT2D eigenvalue weighted by Crippen LogP contribution is 2.31. The van der Waals surface area contributed by atoms with Crippen molar-refractivity contribution in [2.24, 2.45) is 0 Å². The lowest BCUT2D eigenvalue weighted by molar-refractivity contribution is 0.0601. The number of carbonyl (C=O) groups excluding carboxylic acids is 1. The molecular weight excluding hydrogens is 336 g/mol. The van der Waals surface area contributed by atoms with E-state index in [1.807, 2.05) is 0 Å². The number of halogens is 1. The molecule has 21 heavy (non-hydrogen) atoms. The van der Waals surface area contributed by atoms with Crippen LogP contribution in [0.15, 0.2) is 40.9 Å². The van der Waals surface area contributed by atoms with Crippen molar-refractivity contribution >= 4 is 32.9 Å². The molecule has 5 nitrogen and oxygen atoms in total. The molecule has 0 aliphatic carbocycles. The van der Waals surface area contributed by atoms with Crippen LogP contribution in [0.2, 0.25) is 0 Å². The molecule has 0 saturated carbocycles. The molecule has 106 valence electrons. The molecule has 0 atom stereocenters. The predicted octanol–water partition coefficient (Wildman–Crippen LogP) is 3.48. The molecule has 0 unspecified atom stereocenters. The molecule has 0 saturated heterocycles. The van der Waals surface area contributed by atoms with Gasteiger partial charge in [-0.3, -0.25) is 0 Å². The molecule has 3 aromatic rings. The van der Waals surface area contributed by atoms with Crippen molar-refractivity contribution in [3.8, 4) is 17.1 Å². The average molecular weight is 347 g/mol. The molecule has 1 heterocycles.